The highest BCUT2D eigenvalue weighted by molar-refractivity contribution is 7.89. The van der Waals surface area contributed by atoms with E-state index in [4.69, 9.17) is 5.73 Å². The van der Waals surface area contributed by atoms with Gasteiger partial charge in [-0.1, -0.05) is 25.1 Å². The second-order valence-corrected chi connectivity index (χ2v) is 7.65. The van der Waals surface area contributed by atoms with E-state index in [-0.39, 0.29) is 18.0 Å². The normalized spacial score (nSPS) is 11.1. The molecule has 0 unspecified atom stereocenters. The lowest BCUT2D eigenvalue weighted by Gasteiger charge is -2.07. The number of aromatic amines is 1. The number of rotatable bonds is 6. The summed E-state index contributed by atoms with van der Waals surface area (Å²) in [6, 6.07) is 10.9. The lowest BCUT2D eigenvalue weighted by atomic mass is 10.0. The summed E-state index contributed by atoms with van der Waals surface area (Å²) < 4.78 is 26.7. The van der Waals surface area contributed by atoms with Crippen LogP contribution in [-0.4, -0.2) is 31.5 Å². The van der Waals surface area contributed by atoms with Gasteiger partial charge in [0.25, 0.3) is 0 Å². The quantitative estimate of drug-likeness (QED) is 0.566. The Bertz CT molecular complexity index is 992. The number of hydrogen-bond donors (Lipinski definition) is 3. The molecule has 0 fully saturated rings. The maximum absolute atomic E-state index is 12.1. The molecule has 7 heteroatoms. The molecule has 4 N–H and O–H groups in total. The molecule has 2 aromatic heterocycles. The van der Waals surface area contributed by atoms with Gasteiger partial charge in [0.2, 0.25) is 10.0 Å². The molecule has 3 rings (SSSR count). The van der Waals surface area contributed by atoms with Gasteiger partial charge in [-0.15, -0.1) is 6.58 Å². The van der Waals surface area contributed by atoms with E-state index in [0.29, 0.717) is 0 Å². The number of nitrogens with two attached hydrogens (primary N) is 1. The second-order valence-electron chi connectivity index (χ2n) is 5.89. The van der Waals surface area contributed by atoms with Gasteiger partial charge in [0.05, 0.1) is 4.90 Å². The summed E-state index contributed by atoms with van der Waals surface area (Å²) in [6.45, 7) is 7.82. The van der Waals surface area contributed by atoms with Crippen molar-refractivity contribution in [2.45, 2.75) is 25.2 Å². The molecule has 0 aliphatic rings. The maximum atomic E-state index is 12.1. The zero-order chi connectivity index (χ0) is 19.9. The number of aromatic nitrogens is 2. The number of nitrogens with one attached hydrogen (secondary N) is 2. The molecule has 0 bridgehead atoms. The lowest BCUT2D eigenvalue weighted by Crippen LogP contribution is -2.29. The van der Waals surface area contributed by atoms with Crippen LogP contribution in [0.2, 0.25) is 0 Å². The molecule has 0 saturated heterocycles. The summed E-state index contributed by atoms with van der Waals surface area (Å²) in [5.74, 6) is 0. The highest BCUT2D eigenvalue weighted by Crippen LogP contribution is 2.29. The van der Waals surface area contributed by atoms with E-state index in [9.17, 15) is 8.42 Å². The van der Waals surface area contributed by atoms with Gasteiger partial charge in [0.15, 0.2) is 0 Å². The minimum atomic E-state index is -3.51. The molecule has 1 aromatic carbocycles. The van der Waals surface area contributed by atoms with Crippen molar-refractivity contribution in [1.82, 2.24) is 14.7 Å². The average molecular weight is 387 g/mol. The fourth-order valence-electron chi connectivity index (χ4n) is 2.61. The van der Waals surface area contributed by atoms with Gasteiger partial charge in [-0.05, 0) is 48.7 Å². The van der Waals surface area contributed by atoms with Gasteiger partial charge >= 0.3 is 0 Å². The van der Waals surface area contributed by atoms with Gasteiger partial charge in [-0.2, -0.15) is 0 Å². The van der Waals surface area contributed by atoms with Gasteiger partial charge in [0.1, 0.15) is 5.65 Å². The van der Waals surface area contributed by atoms with Crippen molar-refractivity contribution in [3.8, 4) is 11.1 Å². The van der Waals surface area contributed by atoms with Crippen LogP contribution in [-0.2, 0) is 16.4 Å². The summed E-state index contributed by atoms with van der Waals surface area (Å²) in [4.78, 5) is 7.87. The van der Waals surface area contributed by atoms with Crippen molar-refractivity contribution in [2.24, 2.45) is 5.73 Å². The Labute approximate surface area is 160 Å². The molecule has 144 valence electrons. The molecule has 0 amide bonds. The Kier molecular flexibility index (Phi) is 7.29. The summed E-state index contributed by atoms with van der Waals surface area (Å²) in [5, 5.41) is 1.03. The maximum Gasteiger partial charge on any atom is 0.240 e. The van der Waals surface area contributed by atoms with Crippen molar-refractivity contribution < 1.29 is 8.42 Å². The molecule has 27 heavy (non-hydrogen) atoms. The number of aryl methyl sites for hydroxylation is 1. The van der Waals surface area contributed by atoms with E-state index in [1.807, 2.05) is 25.1 Å². The van der Waals surface area contributed by atoms with E-state index >= 15 is 0 Å². The van der Waals surface area contributed by atoms with Crippen LogP contribution in [0.15, 0.2) is 60.1 Å². The number of fused-ring (bicyclic) bond motifs is 1. The van der Waals surface area contributed by atoms with E-state index in [1.54, 1.807) is 24.4 Å². The number of benzene rings is 1. The molecule has 0 spiro atoms. The first-order valence-corrected chi connectivity index (χ1v) is 10.3. The van der Waals surface area contributed by atoms with E-state index in [2.05, 4.69) is 34.3 Å². The fraction of sp³-hybridized carbons (Fsp3) is 0.250. The first kappa shape index (κ1) is 20.8. The smallest absolute Gasteiger partial charge is 0.240 e. The molecule has 6 nitrogen and oxygen atoms in total. The lowest BCUT2D eigenvalue weighted by molar-refractivity contribution is 0.582. The van der Waals surface area contributed by atoms with Gasteiger partial charge < -0.3 is 10.7 Å². The molecule has 0 radical (unpaired) electrons. The summed E-state index contributed by atoms with van der Waals surface area (Å²) in [5.41, 5.74) is 9.27. The van der Waals surface area contributed by atoms with E-state index in [0.717, 1.165) is 34.3 Å². The third-order valence-corrected chi connectivity index (χ3v) is 5.36. The van der Waals surface area contributed by atoms with Crippen LogP contribution in [0, 0.1) is 0 Å². The number of pyridine rings is 1. The van der Waals surface area contributed by atoms with Crippen LogP contribution in [0.1, 0.15) is 19.5 Å². The van der Waals surface area contributed by atoms with Gasteiger partial charge in [-0.3, -0.25) is 0 Å². The Morgan fingerprint density at radius 3 is 2.52 bits per heavy atom. The van der Waals surface area contributed by atoms with Crippen LogP contribution < -0.4 is 10.5 Å². The number of H-pyrrole nitrogens is 1. The monoisotopic (exact) mass is 386 g/mol. The Morgan fingerprint density at radius 1 is 1.26 bits per heavy atom. The predicted octanol–water partition coefficient (Wildman–Crippen LogP) is 3.22. The topological polar surface area (TPSA) is 101 Å². The first-order valence-electron chi connectivity index (χ1n) is 8.80. The van der Waals surface area contributed by atoms with Crippen LogP contribution in [0.3, 0.4) is 0 Å². The van der Waals surface area contributed by atoms with Crippen LogP contribution in [0.4, 0.5) is 0 Å². The Balaban J connectivity index is 0.000000817. The van der Waals surface area contributed by atoms with Crippen molar-refractivity contribution in [2.75, 3.05) is 13.1 Å². The number of nitrogens with zero attached hydrogens (tertiary/aromatic N) is 1. The average Bonchev–Trinajstić information content (AvgIpc) is 3.10. The SMILES string of the molecule is C=CC.CCc1cc2c(-c3ccc(S(=O)(=O)NCCN)cc3)ccnc2[nH]1. The van der Waals surface area contributed by atoms with Gasteiger partial charge in [-0.25, -0.2) is 18.1 Å². The molecular weight excluding hydrogens is 360 g/mol. The molecule has 0 aliphatic heterocycles. The third-order valence-electron chi connectivity index (χ3n) is 3.88. The summed E-state index contributed by atoms with van der Waals surface area (Å²) >= 11 is 0. The highest BCUT2D eigenvalue weighted by Gasteiger charge is 2.14. The minimum Gasteiger partial charge on any atom is -0.343 e. The van der Waals surface area contributed by atoms with Crippen molar-refractivity contribution in [3.05, 3.63) is 60.9 Å². The molecule has 3 aromatic rings. The summed E-state index contributed by atoms with van der Waals surface area (Å²) in [6.07, 6.45) is 4.40. The number of hydrogen-bond acceptors (Lipinski definition) is 4. The second kappa shape index (κ2) is 9.45. The Morgan fingerprint density at radius 2 is 1.93 bits per heavy atom. The van der Waals surface area contributed by atoms with Crippen molar-refractivity contribution >= 4 is 21.1 Å². The first-order chi connectivity index (χ1) is 13.0. The molecule has 0 aliphatic carbocycles. The number of sulfonamides is 1. The molecular formula is C20H26N4O2S. The van der Waals surface area contributed by atoms with Crippen molar-refractivity contribution in [1.29, 1.82) is 0 Å². The fourth-order valence-corrected chi connectivity index (χ4v) is 3.66. The zero-order valence-electron chi connectivity index (χ0n) is 15.7. The van der Waals surface area contributed by atoms with Crippen molar-refractivity contribution in [3.63, 3.8) is 0 Å². The highest BCUT2D eigenvalue weighted by atomic mass is 32.2. The van der Waals surface area contributed by atoms with Crippen LogP contribution in [0.5, 0.6) is 0 Å². The van der Waals surface area contributed by atoms with E-state index < -0.39 is 10.0 Å². The largest absolute Gasteiger partial charge is 0.343 e. The molecule has 2 heterocycles. The van der Waals surface area contributed by atoms with Crippen LogP contribution >= 0.6 is 0 Å². The standard InChI is InChI=1S/C17H20N4O2S.C3H6/c1-2-13-11-16-15(7-9-19-17(16)21-13)12-3-5-14(6-4-12)24(22,23)20-10-8-18;1-3-2/h3-7,9,11,20H,2,8,10,18H2,1H3,(H,19,21);3H,1H2,2H3. The number of allylic oxidation sites excluding steroid dienone is 1. The molecule has 0 saturated carbocycles. The Hall–Kier alpha value is -2.48. The third kappa shape index (κ3) is 5.03. The predicted molar refractivity (Wildman–Crippen MR) is 111 cm³/mol. The van der Waals surface area contributed by atoms with Crippen LogP contribution in [0.25, 0.3) is 22.2 Å². The zero-order valence-corrected chi connectivity index (χ0v) is 16.5. The van der Waals surface area contributed by atoms with E-state index in [1.165, 1.54) is 0 Å². The minimum absolute atomic E-state index is 0.220. The van der Waals surface area contributed by atoms with Gasteiger partial charge in [0, 0.05) is 30.4 Å². The molecule has 0 atom stereocenters. The summed E-state index contributed by atoms with van der Waals surface area (Å²) in [7, 11) is -3.51.